The predicted octanol–water partition coefficient (Wildman–Crippen LogP) is 13.1. The van der Waals surface area contributed by atoms with Gasteiger partial charge in [0.15, 0.2) is 0 Å². The molecule has 7 aromatic carbocycles. The number of aromatic hydroxyl groups is 1. The van der Waals surface area contributed by atoms with Crippen molar-refractivity contribution in [3.63, 3.8) is 0 Å². The van der Waals surface area contributed by atoms with Crippen molar-refractivity contribution in [1.29, 1.82) is 0 Å². The molecule has 0 atom stereocenters. The second-order valence-corrected chi connectivity index (χ2v) is 15.5. The van der Waals surface area contributed by atoms with Crippen molar-refractivity contribution in [3.8, 4) is 39.4 Å². The molecule has 0 saturated heterocycles. The molecule has 0 aliphatic rings. The Balaban J connectivity index is 1.25. The molecule has 0 aliphatic heterocycles. The zero-order valence-corrected chi connectivity index (χ0v) is 30.2. The Morgan fingerprint density at radius 1 is 0.481 bits per heavy atom. The highest BCUT2D eigenvalue weighted by Gasteiger charge is 2.27. The molecule has 0 aliphatic carbocycles. The number of pyridine rings is 2. The van der Waals surface area contributed by atoms with Gasteiger partial charge in [0.25, 0.3) is 0 Å². The van der Waals surface area contributed by atoms with Crippen LogP contribution in [0.2, 0.25) is 0 Å². The normalized spacial score (nSPS) is 12.4. The average Bonchev–Trinajstić information content (AvgIpc) is 3.73. The molecule has 0 amide bonds. The molecule has 0 bridgehead atoms. The van der Waals surface area contributed by atoms with Gasteiger partial charge in [-0.3, -0.25) is 4.98 Å². The number of nitrogens with zero attached hydrogens (tertiary/aromatic N) is 3. The molecule has 4 heterocycles. The van der Waals surface area contributed by atoms with Gasteiger partial charge >= 0.3 is 0 Å². The summed E-state index contributed by atoms with van der Waals surface area (Å²) in [6.07, 6.45) is 1.90. The Labute approximate surface area is 311 Å². The lowest BCUT2D eigenvalue weighted by molar-refractivity contribution is 0.488. The van der Waals surface area contributed by atoms with Crippen molar-refractivity contribution in [3.05, 3.63) is 157 Å². The van der Waals surface area contributed by atoms with Crippen LogP contribution >= 0.6 is 0 Å². The summed E-state index contributed by atoms with van der Waals surface area (Å²) in [5.41, 5.74) is 11.3. The quantitative estimate of drug-likeness (QED) is 0.187. The molecule has 0 spiro atoms. The molecule has 0 saturated carbocycles. The van der Waals surface area contributed by atoms with Crippen molar-refractivity contribution < 1.29 is 5.11 Å². The van der Waals surface area contributed by atoms with Crippen LogP contribution in [0, 0.1) is 0 Å². The van der Waals surface area contributed by atoms with Crippen molar-refractivity contribution in [2.75, 3.05) is 0 Å². The second-order valence-electron chi connectivity index (χ2n) is 15.5. The summed E-state index contributed by atoms with van der Waals surface area (Å²) >= 11 is 0. The second kappa shape index (κ2) is 11.1. The summed E-state index contributed by atoms with van der Waals surface area (Å²) in [6.45, 7) is 6.74. The fourth-order valence-corrected chi connectivity index (χ4v) is 8.81. The van der Waals surface area contributed by atoms with Gasteiger partial charge in [-0.1, -0.05) is 112 Å². The summed E-state index contributed by atoms with van der Waals surface area (Å²) in [4.78, 5) is 10.4. The first-order valence-corrected chi connectivity index (χ1v) is 18.6. The topological polar surface area (TPSA) is 50.4 Å². The molecule has 4 heteroatoms. The third-order valence-electron chi connectivity index (χ3n) is 11.4. The number of phenolic OH excluding ortho intramolecular Hbond substituents is 1. The largest absolute Gasteiger partial charge is 0.506 e. The lowest BCUT2D eigenvalue weighted by atomic mass is 9.84. The molecule has 4 aromatic heterocycles. The van der Waals surface area contributed by atoms with E-state index in [9.17, 15) is 5.11 Å². The molecule has 4 nitrogen and oxygen atoms in total. The summed E-state index contributed by atoms with van der Waals surface area (Å²) in [6, 6.07) is 51.4. The molecular formula is C50H35N3O. The van der Waals surface area contributed by atoms with E-state index in [1.54, 1.807) is 0 Å². The highest BCUT2D eigenvalue weighted by atomic mass is 16.3. The lowest BCUT2D eigenvalue weighted by Crippen LogP contribution is -2.11. The Morgan fingerprint density at radius 3 is 1.83 bits per heavy atom. The van der Waals surface area contributed by atoms with Crippen molar-refractivity contribution >= 4 is 70.5 Å². The van der Waals surface area contributed by atoms with Gasteiger partial charge in [0.1, 0.15) is 5.75 Å². The molecule has 11 aromatic rings. The molecule has 256 valence electrons. The van der Waals surface area contributed by atoms with E-state index in [1.807, 2.05) is 12.3 Å². The van der Waals surface area contributed by atoms with Crippen LogP contribution in [0.5, 0.6) is 5.75 Å². The first-order valence-electron chi connectivity index (χ1n) is 18.6. The summed E-state index contributed by atoms with van der Waals surface area (Å²) in [5.74, 6) is 0.276. The van der Waals surface area contributed by atoms with Gasteiger partial charge in [-0.15, -0.1) is 0 Å². The van der Waals surface area contributed by atoms with E-state index in [2.05, 4.69) is 165 Å². The Hall–Kier alpha value is -6.78. The van der Waals surface area contributed by atoms with E-state index in [-0.39, 0.29) is 11.2 Å². The molecule has 0 fully saturated rings. The van der Waals surface area contributed by atoms with E-state index in [0.29, 0.717) is 0 Å². The van der Waals surface area contributed by atoms with Crippen LogP contribution in [-0.4, -0.2) is 19.5 Å². The SMILES string of the molecule is CC(C)(C)c1cc(-c2cc(-c3ccccc3)ccn2)cc(-c2ccc3c4ccccc4c4c(c(O)c5c6ccccc6n6c7ccccc7c4c56)c3n2)c1. The third kappa shape index (κ3) is 4.31. The molecular weight excluding hydrogens is 659 g/mol. The van der Waals surface area contributed by atoms with Crippen LogP contribution < -0.4 is 0 Å². The van der Waals surface area contributed by atoms with Gasteiger partial charge in [0, 0.05) is 44.3 Å². The molecule has 11 rings (SSSR count). The number of benzene rings is 7. The van der Waals surface area contributed by atoms with Gasteiger partial charge < -0.3 is 9.51 Å². The number of aromatic nitrogens is 3. The Bertz CT molecular complexity index is 3320. The molecule has 1 N–H and O–H groups in total. The number of phenols is 1. The minimum absolute atomic E-state index is 0.114. The maximum absolute atomic E-state index is 12.7. The maximum atomic E-state index is 12.7. The van der Waals surface area contributed by atoms with E-state index in [0.717, 1.165) is 98.8 Å². The summed E-state index contributed by atoms with van der Waals surface area (Å²) < 4.78 is 2.33. The molecule has 54 heavy (non-hydrogen) atoms. The van der Waals surface area contributed by atoms with Crippen LogP contribution in [0.3, 0.4) is 0 Å². The summed E-state index contributed by atoms with van der Waals surface area (Å²) in [5, 5.41) is 22.0. The van der Waals surface area contributed by atoms with Gasteiger partial charge in [-0.25, -0.2) is 4.98 Å². The fourth-order valence-electron chi connectivity index (χ4n) is 8.81. The maximum Gasteiger partial charge on any atom is 0.135 e. The number of para-hydroxylation sites is 2. The predicted molar refractivity (Wildman–Crippen MR) is 226 cm³/mol. The highest BCUT2D eigenvalue weighted by Crippen LogP contribution is 2.52. The van der Waals surface area contributed by atoms with Gasteiger partial charge in [0.2, 0.25) is 0 Å². The first kappa shape index (κ1) is 30.8. The van der Waals surface area contributed by atoms with Gasteiger partial charge in [-0.05, 0) is 87.5 Å². The van der Waals surface area contributed by atoms with E-state index >= 15 is 0 Å². The zero-order valence-electron chi connectivity index (χ0n) is 30.2. The molecule has 0 radical (unpaired) electrons. The Kier molecular flexibility index (Phi) is 6.34. The number of fused-ring (bicyclic) bond motifs is 13. The van der Waals surface area contributed by atoms with Crippen molar-refractivity contribution in [2.45, 2.75) is 26.2 Å². The van der Waals surface area contributed by atoms with Crippen LogP contribution in [-0.2, 0) is 5.41 Å². The highest BCUT2D eigenvalue weighted by molar-refractivity contribution is 6.41. The van der Waals surface area contributed by atoms with Crippen LogP contribution in [0.1, 0.15) is 26.3 Å². The van der Waals surface area contributed by atoms with Gasteiger partial charge in [0.05, 0.1) is 44.2 Å². The van der Waals surface area contributed by atoms with Crippen molar-refractivity contribution in [2.24, 2.45) is 0 Å². The van der Waals surface area contributed by atoms with Crippen molar-refractivity contribution in [1.82, 2.24) is 14.4 Å². The van der Waals surface area contributed by atoms with Crippen LogP contribution in [0.15, 0.2) is 152 Å². The van der Waals surface area contributed by atoms with E-state index < -0.39 is 0 Å². The first-order chi connectivity index (χ1) is 26.3. The standard InChI is InChI=1S/C50H35N3O/c1-50(2,3)33-26-31(25-32(27-33)40-28-30(23-24-51-40)29-13-5-4-6-14-29)39-22-21-36-34-15-7-8-16-35(34)43-44-37-17-9-11-19-41(37)53-42-20-12-10-18-38(42)45(48(44)53)49(54)46(43)47(36)52-39/h4-28,54H,1-3H3. The fraction of sp³-hybridized carbons (Fsp3) is 0.0800. The number of rotatable bonds is 3. The van der Waals surface area contributed by atoms with E-state index in [1.165, 1.54) is 10.9 Å². The summed E-state index contributed by atoms with van der Waals surface area (Å²) in [7, 11) is 0. The van der Waals surface area contributed by atoms with Crippen LogP contribution in [0.25, 0.3) is 104 Å². The third-order valence-corrected chi connectivity index (χ3v) is 11.4. The van der Waals surface area contributed by atoms with Gasteiger partial charge in [-0.2, -0.15) is 0 Å². The number of hydrogen-bond donors (Lipinski definition) is 1. The monoisotopic (exact) mass is 693 g/mol. The van der Waals surface area contributed by atoms with E-state index in [4.69, 9.17) is 9.97 Å². The minimum Gasteiger partial charge on any atom is -0.506 e. The zero-order chi connectivity index (χ0) is 36.3. The Morgan fingerprint density at radius 2 is 1.11 bits per heavy atom. The molecule has 0 unspecified atom stereocenters. The van der Waals surface area contributed by atoms with Crippen LogP contribution in [0.4, 0.5) is 0 Å². The minimum atomic E-state index is -0.114. The lowest BCUT2D eigenvalue weighted by Gasteiger charge is -2.22. The average molecular weight is 694 g/mol. The smallest absolute Gasteiger partial charge is 0.135 e. The number of hydrogen-bond acceptors (Lipinski definition) is 3.